The fraction of sp³-hybridized carbons (Fsp3) is 0.200. The van der Waals surface area contributed by atoms with E-state index >= 15 is 0 Å². The van der Waals surface area contributed by atoms with E-state index in [4.69, 9.17) is 11.6 Å². The third-order valence-electron chi connectivity index (χ3n) is 3.38. The molecule has 0 fully saturated rings. The van der Waals surface area contributed by atoms with Crippen LogP contribution in [0.1, 0.15) is 23.6 Å². The van der Waals surface area contributed by atoms with Crippen LogP contribution in [0.2, 0.25) is 5.02 Å². The number of anilines is 1. The van der Waals surface area contributed by atoms with E-state index in [1.165, 1.54) is 16.8 Å². The van der Waals surface area contributed by atoms with Gasteiger partial charge in [0.15, 0.2) is 0 Å². The van der Waals surface area contributed by atoms with E-state index in [0.29, 0.717) is 6.04 Å². The lowest BCUT2D eigenvalue weighted by molar-refractivity contribution is 0.668. The smallest absolute Gasteiger partial charge is 0.0531 e. The number of fused-ring (bicyclic) bond motifs is 1. The van der Waals surface area contributed by atoms with Crippen molar-refractivity contribution in [1.29, 1.82) is 0 Å². The van der Waals surface area contributed by atoms with Gasteiger partial charge < -0.3 is 5.32 Å². The quantitative estimate of drug-likeness (QED) is 0.760. The summed E-state index contributed by atoms with van der Waals surface area (Å²) in [5.74, 6) is 0. The maximum absolute atomic E-state index is 6.26. The average molecular weight is 323 g/mol. The highest BCUT2D eigenvalue weighted by Gasteiger charge is 2.20. The minimum Gasteiger partial charge on any atom is -0.378 e. The van der Waals surface area contributed by atoms with Crippen LogP contribution in [0.3, 0.4) is 0 Å². The van der Waals surface area contributed by atoms with Crippen molar-refractivity contribution >= 4 is 33.2 Å². The van der Waals surface area contributed by atoms with Gasteiger partial charge in [-0.05, 0) is 48.2 Å². The third kappa shape index (κ3) is 2.27. The normalized spacial score (nSPS) is 18.0. The number of aryl methyl sites for hydroxylation is 1. The molecule has 1 heterocycles. The van der Waals surface area contributed by atoms with Crippen molar-refractivity contribution in [2.75, 3.05) is 5.32 Å². The zero-order chi connectivity index (χ0) is 12.5. The van der Waals surface area contributed by atoms with Crippen LogP contribution < -0.4 is 5.32 Å². The summed E-state index contributed by atoms with van der Waals surface area (Å²) in [5, 5.41) is 4.42. The lowest BCUT2D eigenvalue weighted by atomic mass is 9.93. The van der Waals surface area contributed by atoms with Crippen LogP contribution in [0.5, 0.6) is 0 Å². The minimum atomic E-state index is 0.312. The molecule has 0 saturated carbocycles. The van der Waals surface area contributed by atoms with Crippen LogP contribution in [0, 0.1) is 0 Å². The van der Waals surface area contributed by atoms with Gasteiger partial charge in [-0.1, -0.05) is 45.7 Å². The molecule has 0 amide bonds. The first-order chi connectivity index (χ1) is 8.74. The Labute approximate surface area is 120 Å². The van der Waals surface area contributed by atoms with Gasteiger partial charge in [0.25, 0.3) is 0 Å². The van der Waals surface area contributed by atoms with Crippen LogP contribution in [-0.2, 0) is 6.42 Å². The van der Waals surface area contributed by atoms with Crippen LogP contribution >= 0.6 is 27.5 Å². The standard InChI is InChI=1S/C15H13BrClN/c16-11-6-8-14-10(9-11)5-7-15(18-14)12-3-1-2-4-13(12)17/h1-4,6,8-9,15,18H,5,7H2. The van der Waals surface area contributed by atoms with Crippen LogP contribution in [0.15, 0.2) is 46.9 Å². The molecule has 0 aliphatic carbocycles. The van der Waals surface area contributed by atoms with E-state index in [-0.39, 0.29) is 0 Å². The molecule has 0 aromatic heterocycles. The van der Waals surface area contributed by atoms with E-state index in [1.807, 2.05) is 18.2 Å². The van der Waals surface area contributed by atoms with Gasteiger partial charge in [0.2, 0.25) is 0 Å². The first-order valence-corrected chi connectivity index (χ1v) is 7.20. The molecule has 0 saturated heterocycles. The first-order valence-electron chi connectivity index (χ1n) is 6.03. The molecular weight excluding hydrogens is 310 g/mol. The second-order valence-electron chi connectivity index (χ2n) is 4.56. The van der Waals surface area contributed by atoms with E-state index in [9.17, 15) is 0 Å². The Hall–Kier alpha value is -0.990. The second kappa shape index (κ2) is 4.94. The first kappa shape index (κ1) is 12.1. The summed E-state index contributed by atoms with van der Waals surface area (Å²) in [7, 11) is 0. The lowest BCUT2D eigenvalue weighted by Crippen LogP contribution is -2.18. The lowest BCUT2D eigenvalue weighted by Gasteiger charge is -2.28. The zero-order valence-electron chi connectivity index (χ0n) is 9.79. The van der Waals surface area contributed by atoms with Gasteiger partial charge >= 0.3 is 0 Å². The molecule has 1 atom stereocenters. The Morgan fingerprint density at radius 3 is 2.83 bits per heavy atom. The van der Waals surface area contributed by atoms with E-state index in [0.717, 1.165) is 22.3 Å². The van der Waals surface area contributed by atoms with Crippen molar-refractivity contribution < 1.29 is 0 Å². The van der Waals surface area contributed by atoms with Crippen LogP contribution in [0.25, 0.3) is 0 Å². The fourth-order valence-corrected chi connectivity index (χ4v) is 3.14. The predicted molar refractivity (Wildman–Crippen MR) is 80.3 cm³/mol. The van der Waals surface area contributed by atoms with Crippen LogP contribution in [-0.4, -0.2) is 0 Å². The summed E-state index contributed by atoms with van der Waals surface area (Å²) in [5.41, 5.74) is 3.77. The van der Waals surface area contributed by atoms with Crippen molar-refractivity contribution in [2.45, 2.75) is 18.9 Å². The number of benzene rings is 2. The van der Waals surface area contributed by atoms with Crippen molar-refractivity contribution in [3.05, 3.63) is 63.1 Å². The largest absolute Gasteiger partial charge is 0.378 e. The van der Waals surface area contributed by atoms with E-state index in [2.05, 4.69) is 45.5 Å². The minimum absolute atomic E-state index is 0.312. The highest BCUT2D eigenvalue weighted by Crippen LogP contribution is 2.36. The number of hydrogen-bond donors (Lipinski definition) is 1. The highest BCUT2D eigenvalue weighted by atomic mass is 79.9. The van der Waals surface area contributed by atoms with Gasteiger partial charge in [0, 0.05) is 15.2 Å². The van der Waals surface area contributed by atoms with Gasteiger partial charge in [0.05, 0.1) is 6.04 Å². The third-order valence-corrected chi connectivity index (χ3v) is 4.22. The molecule has 3 heteroatoms. The summed E-state index contributed by atoms with van der Waals surface area (Å²) in [4.78, 5) is 0. The molecule has 1 unspecified atom stereocenters. The van der Waals surface area contributed by atoms with Gasteiger partial charge in [-0.3, -0.25) is 0 Å². The fourth-order valence-electron chi connectivity index (χ4n) is 2.46. The Morgan fingerprint density at radius 2 is 2.00 bits per heavy atom. The van der Waals surface area contributed by atoms with Crippen molar-refractivity contribution in [3.63, 3.8) is 0 Å². The molecule has 2 aromatic rings. The van der Waals surface area contributed by atoms with Gasteiger partial charge in [0.1, 0.15) is 0 Å². The molecule has 1 N–H and O–H groups in total. The Balaban J connectivity index is 1.92. The van der Waals surface area contributed by atoms with E-state index < -0.39 is 0 Å². The molecule has 2 aromatic carbocycles. The van der Waals surface area contributed by atoms with Crippen molar-refractivity contribution in [2.24, 2.45) is 0 Å². The number of rotatable bonds is 1. The molecule has 1 aliphatic rings. The zero-order valence-corrected chi connectivity index (χ0v) is 12.1. The molecule has 18 heavy (non-hydrogen) atoms. The van der Waals surface area contributed by atoms with Crippen molar-refractivity contribution in [1.82, 2.24) is 0 Å². The molecule has 1 aliphatic heterocycles. The van der Waals surface area contributed by atoms with Gasteiger partial charge in [-0.15, -0.1) is 0 Å². The Kier molecular flexibility index (Phi) is 3.31. The number of nitrogens with one attached hydrogen (secondary N) is 1. The highest BCUT2D eigenvalue weighted by molar-refractivity contribution is 9.10. The Bertz CT molecular complexity index is 582. The molecule has 0 spiro atoms. The average Bonchev–Trinajstić information content (AvgIpc) is 2.39. The SMILES string of the molecule is Clc1ccccc1C1CCc2cc(Br)ccc2N1. The summed E-state index contributed by atoms with van der Waals surface area (Å²) in [6.45, 7) is 0. The molecule has 3 rings (SSSR count). The molecule has 92 valence electrons. The molecule has 0 bridgehead atoms. The summed E-state index contributed by atoms with van der Waals surface area (Å²) < 4.78 is 1.14. The topological polar surface area (TPSA) is 12.0 Å². The molecule has 0 radical (unpaired) electrons. The second-order valence-corrected chi connectivity index (χ2v) is 5.88. The Morgan fingerprint density at radius 1 is 1.17 bits per heavy atom. The number of halogens is 2. The van der Waals surface area contributed by atoms with Gasteiger partial charge in [-0.2, -0.15) is 0 Å². The molecule has 1 nitrogen and oxygen atoms in total. The summed E-state index contributed by atoms with van der Waals surface area (Å²) in [6, 6.07) is 14.8. The van der Waals surface area contributed by atoms with Gasteiger partial charge in [-0.25, -0.2) is 0 Å². The van der Waals surface area contributed by atoms with Crippen LogP contribution in [0.4, 0.5) is 5.69 Å². The summed E-state index contributed by atoms with van der Waals surface area (Å²) in [6.07, 6.45) is 2.16. The predicted octanol–water partition coefficient (Wildman–Crippen LogP) is 5.20. The number of hydrogen-bond acceptors (Lipinski definition) is 1. The monoisotopic (exact) mass is 321 g/mol. The van der Waals surface area contributed by atoms with E-state index in [1.54, 1.807) is 0 Å². The maximum Gasteiger partial charge on any atom is 0.0531 e. The maximum atomic E-state index is 6.26. The van der Waals surface area contributed by atoms with Crippen molar-refractivity contribution in [3.8, 4) is 0 Å². The summed E-state index contributed by atoms with van der Waals surface area (Å²) >= 11 is 9.78. The molecular formula is C15H13BrClN.